The van der Waals surface area contributed by atoms with Crippen molar-refractivity contribution in [2.45, 2.75) is 102 Å². The number of halogens is 10. The second-order valence-corrected chi connectivity index (χ2v) is 9.59. The van der Waals surface area contributed by atoms with Gasteiger partial charge in [0, 0.05) is 6.42 Å². The van der Waals surface area contributed by atoms with Crippen LogP contribution in [0.5, 0.6) is 0 Å². The molecular formula is C20H35F10NO3S. The first-order valence-electron chi connectivity index (χ1n) is 11.2. The van der Waals surface area contributed by atoms with Crippen LogP contribution in [0.15, 0.2) is 0 Å². The summed E-state index contributed by atoms with van der Waals surface area (Å²) in [7, 11) is -7.57. The van der Waals surface area contributed by atoms with E-state index < -0.39 is 51.9 Å². The largest absolute Gasteiger partial charge is 0.743 e. The van der Waals surface area contributed by atoms with Gasteiger partial charge in [-0.2, -0.15) is 43.9 Å². The first kappa shape index (κ1) is 36.3. The molecule has 0 rings (SSSR count). The summed E-state index contributed by atoms with van der Waals surface area (Å²) in [5.74, 6) is -28.0. The van der Waals surface area contributed by atoms with Gasteiger partial charge in [0.1, 0.15) is 0 Å². The molecule has 15 heteroatoms. The van der Waals surface area contributed by atoms with Gasteiger partial charge in [-0.15, -0.1) is 0 Å². The van der Waals surface area contributed by atoms with E-state index in [9.17, 15) is 56.9 Å². The minimum Gasteiger partial charge on any atom is -0.743 e. The number of quaternary nitrogens is 1. The average Bonchev–Trinajstić information content (AvgIpc) is 2.74. The molecule has 0 atom stereocenters. The Morgan fingerprint density at radius 1 is 0.600 bits per heavy atom. The summed E-state index contributed by atoms with van der Waals surface area (Å²) in [6, 6.07) is 0. The zero-order chi connectivity index (χ0) is 28.6. The second-order valence-electron chi connectivity index (χ2n) is 8.17. The monoisotopic (exact) mass is 559 g/mol. The lowest BCUT2D eigenvalue weighted by atomic mass is 9.94. The number of hydrogen-bond acceptors (Lipinski definition) is 3. The van der Waals surface area contributed by atoms with Crippen molar-refractivity contribution in [1.82, 2.24) is 0 Å². The van der Waals surface area contributed by atoms with Crippen molar-refractivity contribution in [3.05, 3.63) is 0 Å². The van der Waals surface area contributed by atoms with E-state index in [1.807, 2.05) is 0 Å². The highest BCUT2D eigenvalue weighted by Crippen LogP contribution is 2.58. The molecule has 0 aliphatic rings. The highest BCUT2D eigenvalue weighted by Gasteiger charge is 2.87. The van der Waals surface area contributed by atoms with Crippen LogP contribution in [-0.2, 0) is 10.1 Å². The van der Waals surface area contributed by atoms with E-state index in [4.69, 9.17) is 0 Å². The van der Waals surface area contributed by atoms with E-state index >= 15 is 0 Å². The van der Waals surface area contributed by atoms with Crippen LogP contribution >= 0.6 is 0 Å². The Bertz CT molecular complexity index is 709. The fraction of sp³-hybridized carbons (Fsp3) is 1.00. The van der Waals surface area contributed by atoms with E-state index in [0.29, 0.717) is 12.8 Å². The van der Waals surface area contributed by atoms with Crippen LogP contribution < -0.4 is 0 Å². The Labute approximate surface area is 200 Å². The molecule has 0 amide bonds. The fourth-order valence-corrected chi connectivity index (χ4v) is 3.66. The molecule has 0 heterocycles. The van der Waals surface area contributed by atoms with Crippen molar-refractivity contribution < 1.29 is 61.4 Å². The van der Waals surface area contributed by atoms with E-state index in [2.05, 4.69) is 27.7 Å². The molecule has 0 N–H and O–H groups in total. The minimum atomic E-state index is -7.59. The van der Waals surface area contributed by atoms with Gasteiger partial charge < -0.3 is 9.04 Å². The summed E-state index contributed by atoms with van der Waals surface area (Å²) in [5, 5.41) is -7.25. The number of hydrogen-bond donors (Lipinski definition) is 0. The molecule has 0 aliphatic carbocycles. The second kappa shape index (κ2) is 13.1. The lowest BCUT2D eigenvalue weighted by Gasteiger charge is -2.39. The zero-order valence-electron chi connectivity index (χ0n) is 20.4. The van der Waals surface area contributed by atoms with Crippen LogP contribution in [0.4, 0.5) is 43.9 Å². The number of rotatable bonds is 15. The molecule has 35 heavy (non-hydrogen) atoms. The first-order chi connectivity index (χ1) is 15.6. The van der Waals surface area contributed by atoms with Gasteiger partial charge in [-0.3, -0.25) is 0 Å². The summed E-state index contributed by atoms with van der Waals surface area (Å²) >= 11 is 0. The van der Waals surface area contributed by atoms with Crippen molar-refractivity contribution in [2.24, 2.45) is 0 Å². The number of unbranched alkanes of at least 4 members (excludes halogenated alkanes) is 4. The molecule has 0 saturated carbocycles. The van der Waals surface area contributed by atoms with Gasteiger partial charge in [-0.1, -0.05) is 32.6 Å². The van der Waals surface area contributed by atoms with Gasteiger partial charge in [-0.05, 0) is 34.1 Å². The standard InChI is InChI=1S/C12H16F10O3S.C8H20N/c1-2-3-4-5-6-7-8(13,14)9(15,16)10(17,18)11(19,20)12(21,22)26(23,24)25;1-5-9(6-2,7-3)8-4/h2-7H2,1H3,(H,23,24,25);5-8H2,1-4H3/q;+1/p-1. The lowest BCUT2D eigenvalue weighted by Crippen LogP contribution is -2.68. The predicted molar refractivity (Wildman–Crippen MR) is 110 cm³/mol. The third kappa shape index (κ3) is 7.83. The van der Waals surface area contributed by atoms with Crippen molar-refractivity contribution in [3.63, 3.8) is 0 Å². The molecule has 0 aromatic heterocycles. The van der Waals surface area contributed by atoms with Crippen LogP contribution in [0.3, 0.4) is 0 Å². The Morgan fingerprint density at radius 3 is 1.26 bits per heavy atom. The predicted octanol–water partition coefficient (Wildman–Crippen LogP) is 6.91. The number of nitrogens with zero attached hydrogens (tertiary/aromatic N) is 1. The molecule has 0 fully saturated rings. The maximum Gasteiger partial charge on any atom is 0.402 e. The van der Waals surface area contributed by atoms with Crippen LogP contribution in [0.25, 0.3) is 0 Å². The Balaban J connectivity index is 0. The molecule has 0 radical (unpaired) electrons. The van der Waals surface area contributed by atoms with E-state index in [1.165, 1.54) is 30.7 Å². The summed E-state index contributed by atoms with van der Waals surface area (Å²) in [6.07, 6.45) is -1.64. The maximum atomic E-state index is 13.4. The molecule has 214 valence electrons. The summed E-state index contributed by atoms with van der Waals surface area (Å²) in [5.41, 5.74) is 0. The SMILES string of the molecule is CCCCCCCC(F)(F)C(F)(F)C(F)(F)C(F)(F)C(F)(F)S(=O)(=O)[O-].CC[N+](CC)(CC)CC. The summed E-state index contributed by atoms with van der Waals surface area (Å²) < 4.78 is 163. The van der Waals surface area contributed by atoms with Crippen LogP contribution in [0, 0.1) is 0 Å². The molecule has 0 saturated heterocycles. The number of alkyl halides is 10. The van der Waals surface area contributed by atoms with E-state index in [0.717, 1.165) is 0 Å². The molecule has 0 bridgehead atoms. The van der Waals surface area contributed by atoms with Crippen LogP contribution in [-0.4, -0.2) is 72.6 Å². The molecule has 0 aliphatic heterocycles. The molecular weight excluding hydrogens is 524 g/mol. The molecule has 0 unspecified atom stereocenters. The zero-order valence-corrected chi connectivity index (χ0v) is 21.2. The highest BCUT2D eigenvalue weighted by atomic mass is 32.2. The van der Waals surface area contributed by atoms with E-state index in [1.54, 1.807) is 6.92 Å². The third-order valence-electron chi connectivity index (χ3n) is 6.21. The highest BCUT2D eigenvalue weighted by molar-refractivity contribution is 7.86. The molecule has 0 aromatic rings. The van der Waals surface area contributed by atoms with Gasteiger partial charge in [0.05, 0.1) is 26.2 Å². The van der Waals surface area contributed by atoms with Crippen LogP contribution in [0.2, 0.25) is 0 Å². The average molecular weight is 560 g/mol. The summed E-state index contributed by atoms with van der Waals surface area (Å²) in [4.78, 5) is 0. The Kier molecular flexibility index (Phi) is 13.6. The van der Waals surface area contributed by atoms with Gasteiger partial charge in [0.2, 0.25) is 0 Å². The van der Waals surface area contributed by atoms with Gasteiger partial charge in [0.25, 0.3) is 0 Å². The van der Waals surface area contributed by atoms with Crippen molar-refractivity contribution in [2.75, 3.05) is 26.2 Å². The quantitative estimate of drug-likeness (QED) is 0.0949. The minimum absolute atomic E-state index is 0.146. The third-order valence-corrected chi connectivity index (χ3v) is 7.09. The smallest absolute Gasteiger partial charge is 0.402 e. The summed E-state index contributed by atoms with van der Waals surface area (Å²) in [6.45, 7) is 15.9. The normalized spacial score (nSPS) is 14.5. The molecule has 0 aromatic carbocycles. The maximum absolute atomic E-state index is 13.4. The Morgan fingerprint density at radius 2 is 0.971 bits per heavy atom. The first-order valence-corrected chi connectivity index (χ1v) is 12.7. The lowest BCUT2D eigenvalue weighted by molar-refractivity contribution is -0.921. The van der Waals surface area contributed by atoms with Crippen molar-refractivity contribution in [3.8, 4) is 0 Å². The topological polar surface area (TPSA) is 57.2 Å². The van der Waals surface area contributed by atoms with E-state index in [-0.39, 0.29) is 12.8 Å². The van der Waals surface area contributed by atoms with Gasteiger partial charge in [-0.25, -0.2) is 8.42 Å². The fourth-order valence-electron chi connectivity index (χ4n) is 3.22. The van der Waals surface area contributed by atoms with Crippen LogP contribution in [0.1, 0.15) is 73.1 Å². The van der Waals surface area contributed by atoms with Crippen molar-refractivity contribution >= 4 is 10.1 Å². The molecule has 4 nitrogen and oxygen atoms in total. The van der Waals surface area contributed by atoms with Crippen molar-refractivity contribution in [1.29, 1.82) is 0 Å². The molecule has 0 spiro atoms. The van der Waals surface area contributed by atoms with Gasteiger partial charge >= 0.3 is 28.9 Å². The Hall–Kier alpha value is -0.830. The van der Waals surface area contributed by atoms with Gasteiger partial charge in [0.15, 0.2) is 10.1 Å².